The first-order valence-electron chi connectivity index (χ1n) is 12.6. The molecule has 192 valence electrons. The number of carboxylic acid groups (broad SMARTS) is 1. The summed E-state index contributed by atoms with van der Waals surface area (Å²) in [5.41, 5.74) is 3.44. The number of amides is 2. The number of hydrogen-bond donors (Lipinski definition) is 1. The average Bonchev–Trinajstić information content (AvgIpc) is 3.57. The Bertz CT molecular complexity index is 1100. The minimum atomic E-state index is -0.802. The van der Waals surface area contributed by atoms with Crippen LogP contribution in [0.5, 0.6) is 5.75 Å². The summed E-state index contributed by atoms with van der Waals surface area (Å²) in [4.78, 5) is 38.4. The van der Waals surface area contributed by atoms with Crippen LogP contribution in [-0.4, -0.2) is 58.9 Å². The molecule has 1 N–H and O–H groups in total. The molecule has 0 spiro atoms. The summed E-state index contributed by atoms with van der Waals surface area (Å²) in [6.45, 7) is 4.49. The van der Waals surface area contributed by atoms with Crippen LogP contribution in [0, 0.1) is 0 Å². The molecule has 8 heteroatoms. The van der Waals surface area contributed by atoms with Crippen molar-refractivity contribution < 1.29 is 24.2 Å². The first-order valence-corrected chi connectivity index (χ1v) is 13.0. The van der Waals surface area contributed by atoms with Crippen molar-refractivity contribution in [3.8, 4) is 5.75 Å². The van der Waals surface area contributed by atoms with Crippen molar-refractivity contribution >= 4 is 29.4 Å². The molecule has 4 rings (SSSR count). The van der Waals surface area contributed by atoms with Gasteiger partial charge in [-0.2, -0.15) is 0 Å². The van der Waals surface area contributed by atoms with Gasteiger partial charge < -0.3 is 9.84 Å². The summed E-state index contributed by atoms with van der Waals surface area (Å²) in [6.07, 6.45) is 3.58. The fraction of sp³-hybridized carbons (Fsp3) is 0.464. The van der Waals surface area contributed by atoms with E-state index in [-0.39, 0.29) is 49.6 Å². The van der Waals surface area contributed by atoms with Gasteiger partial charge in [-0.25, -0.2) is 0 Å². The van der Waals surface area contributed by atoms with E-state index in [4.69, 9.17) is 16.3 Å². The molecule has 7 nitrogen and oxygen atoms in total. The molecule has 2 aliphatic rings. The number of aryl methyl sites for hydroxylation is 1. The topological polar surface area (TPSA) is 87.2 Å². The van der Waals surface area contributed by atoms with Crippen LogP contribution in [0.3, 0.4) is 0 Å². The van der Waals surface area contributed by atoms with Crippen LogP contribution in [0.4, 0.5) is 0 Å². The molecule has 2 fully saturated rings. The minimum Gasteiger partial charge on any atom is -0.491 e. The van der Waals surface area contributed by atoms with Gasteiger partial charge in [-0.3, -0.25) is 24.2 Å². The maximum atomic E-state index is 11.8. The first-order chi connectivity index (χ1) is 17.3. The zero-order valence-electron chi connectivity index (χ0n) is 20.7. The molecule has 1 heterocycles. The molecule has 0 aromatic heterocycles. The van der Waals surface area contributed by atoms with Crippen molar-refractivity contribution in [1.29, 1.82) is 0 Å². The third kappa shape index (κ3) is 6.45. The Morgan fingerprint density at radius 1 is 1.11 bits per heavy atom. The van der Waals surface area contributed by atoms with E-state index in [1.807, 2.05) is 24.3 Å². The molecule has 1 saturated heterocycles. The zero-order chi connectivity index (χ0) is 25.7. The van der Waals surface area contributed by atoms with Gasteiger partial charge in [-0.05, 0) is 54.2 Å². The summed E-state index contributed by atoms with van der Waals surface area (Å²) in [5, 5.41) is 10.0. The monoisotopic (exact) mass is 512 g/mol. The van der Waals surface area contributed by atoms with Crippen LogP contribution in [-0.2, 0) is 32.8 Å². The van der Waals surface area contributed by atoms with E-state index in [1.54, 1.807) is 0 Å². The highest BCUT2D eigenvalue weighted by Gasteiger charge is 2.45. The minimum absolute atomic E-state index is 0.0458. The molecule has 0 atom stereocenters. The van der Waals surface area contributed by atoms with Gasteiger partial charge in [0.15, 0.2) is 0 Å². The highest BCUT2D eigenvalue weighted by Crippen LogP contribution is 2.49. The van der Waals surface area contributed by atoms with Crippen molar-refractivity contribution in [2.45, 2.75) is 57.4 Å². The third-order valence-electron chi connectivity index (χ3n) is 7.12. The van der Waals surface area contributed by atoms with Gasteiger partial charge in [0.1, 0.15) is 12.4 Å². The van der Waals surface area contributed by atoms with E-state index in [0.717, 1.165) is 42.7 Å². The number of imide groups is 1. The summed E-state index contributed by atoms with van der Waals surface area (Å²) in [7, 11) is 0. The summed E-state index contributed by atoms with van der Waals surface area (Å²) in [6, 6.07) is 14.0. The Morgan fingerprint density at radius 2 is 1.81 bits per heavy atom. The van der Waals surface area contributed by atoms with Crippen LogP contribution in [0.25, 0.3) is 0 Å². The maximum absolute atomic E-state index is 11.8. The average molecular weight is 513 g/mol. The van der Waals surface area contributed by atoms with Gasteiger partial charge in [-0.1, -0.05) is 42.8 Å². The number of benzene rings is 2. The van der Waals surface area contributed by atoms with Crippen LogP contribution in [0.15, 0.2) is 42.5 Å². The van der Waals surface area contributed by atoms with E-state index in [1.165, 1.54) is 10.5 Å². The van der Waals surface area contributed by atoms with Gasteiger partial charge in [0.2, 0.25) is 11.8 Å². The summed E-state index contributed by atoms with van der Waals surface area (Å²) < 4.78 is 5.94. The Hall–Kier alpha value is -2.90. The molecule has 2 aromatic rings. The van der Waals surface area contributed by atoms with Crippen LogP contribution in [0.2, 0.25) is 5.02 Å². The fourth-order valence-corrected chi connectivity index (χ4v) is 5.04. The van der Waals surface area contributed by atoms with E-state index >= 15 is 0 Å². The lowest BCUT2D eigenvalue weighted by Gasteiger charge is -2.28. The largest absolute Gasteiger partial charge is 0.491 e. The van der Waals surface area contributed by atoms with Crippen molar-refractivity contribution in [2.24, 2.45) is 0 Å². The van der Waals surface area contributed by atoms with Crippen LogP contribution >= 0.6 is 11.6 Å². The second kappa shape index (κ2) is 11.4. The lowest BCUT2D eigenvalue weighted by atomic mass is 9.95. The number of carbonyl (C=O) groups is 3. The van der Waals surface area contributed by atoms with Crippen molar-refractivity contribution in [3.05, 3.63) is 64.2 Å². The highest BCUT2D eigenvalue weighted by atomic mass is 35.5. The maximum Gasteiger partial charge on any atom is 0.304 e. The summed E-state index contributed by atoms with van der Waals surface area (Å²) >= 11 is 6.08. The fourth-order valence-electron chi connectivity index (χ4n) is 4.91. The number of ether oxygens (including phenoxy) is 1. The number of likely N-dealkylation sites (tertiary alicyclic amines) is 1. The lowest BCUT2D eigenvalue weighted by molar-refractivity contribution is -0.139. The highest BCUT2D eigenvalue weighted by molar-refractivity contribution is 6.30. The van der Waals surface area contributed by atoms with Gasteiger partial charge >= 0.3 is 5.97 Å². The van der Waals surface area contributed by atoms with Crippen molar-refractivity contribution in [2.75, 3.05) is 26.2 Å². The van der Waals surface area contributed by atoms with Gasteiger partial charge in [0.25, 0.3) is 0 Å². The third-order valence-corrected chi connectivity index (χ3v) is 7.37. The molecule has 2 aromatic carbocycles. The van der Waals surface area contributed by atoms with Crippen molar-refractivity contribution in [1.82, 2.24) is 9.80 Å². The second-order valence-corrected chi connectivity index (χ2v) is 10.2. The predicted molar refractivity (Wildman–Crippen MR) is 137 cm³/mol. The first kappa shape index (κ1) is 26.2. The molecule has 1 aliphatic carbocycles. The molecule has 1 aliphatic heterocycles. The molecular weight excluding hydrogens is 480 g/mol. The Morgan fingerprint density at radius 3 is 2.42 bits per heavy atom. The van der Waals surface area contributed by atoms with Gasteiger partial charge in [0, 0.05) is 42.9 Å². The molecule has 36 heavy (non-hydrogen) atoms. The normalized spacial score (nSPS) is 16.6. The smallest absolute Gasteiger partial charge is 0.304 e. The molecule has 2 amide bonds. The Balaban J connectivity index is 1.42. The van der Waals surface area contributed by atoms with E-state index < -0.39 is 5.97 Å². The molecule has 0 bridgehead atoms. The SMILES string of the molecule is CCc1cc(CN(CCC(=O)O)CC2(c3ccc(Cl)cc3)CC2)ccc1OCCN1C(=O)CCC1=O. The van der Waals surface area contributed by atoms with E-state index in [2.05, 4.69) is 30.0 Å². The number of nitrogens with zero attached hydrogens (tertiary/aromatic N) is 2. The molecule has 1 saturated carbocycles. The lowest BCUT2D eigenvalue weighted by Crippen LogP contribution is -2.34. The number of rotatable bonds is 13. The number of halogens is 1. The standard InChI is InChI=1S/C28H33ClN2O5/c1-2-21-17-20(3-8-24(21)36-16-15-31-25(32)9-10-26(31)33)18-30(14-11-27(34)35)19-28(12-13-28)22-4-6-23(29)7-5-22/h3-8,17H,2,9-16,18-19H2,1H3,(H,34,35). The van der Waals surface area contributed by atoms with Gasteiger partial charge in [-0.15, -0.1) is 0 Å². The quantitative estimate of drug-likeness (QED) is 0.399. The van der Waals surface area contributed by atoms with Crippen LogP contribution < -0.4 is 4.74 Å². The molecule has 0 radical (unpaired) electrons. The number of carbonyl (C=O) groups excluding carboxylic acids is 2. The van der Waals surface area contributed by atoms with Crippen molar-refractivity contribution in [3.63, 3.8) is 0 Å². The van der Waals surface area contributed by atoms with Gasteiger partial charge in [0.05, 0.1) is 13.0 Å². The van der Waals surface area contributed by atoms with E-state index in [9.17, 15) is 19.5 Å². The number of hydrogen-bond acceptors (Lipinski definition) is 5. The van der Waals surface area contributed by atoms with Crippen LogP contribution in [0.1, 0.15) is 55.7 Å². The zero-order valence-corrected chi connectivity index (χ0v) is 21.4. The Labute approximate surface area is 217 Å². The van der Waals surface area contributed by atoms with E-state index in [0.29, 0.717) is 18.1 Å². The molecule has 0 unspecified atom stereocenters. The predicted octanol–water partition coefficient (Wildman–Crippen LogP) is 4.44. The summed E-state index contributed by atoms with van der Waals surface area (Å²) in [5.74, 6) is -0.326. The Kier molecular flexibility index (Phi) is 8.32. The second-order valence-electron chi connectivity index (χ2n) is 9.72. The molecular formula is C28H33ClN2O5. The number of aliphatic carboxylic acids is 1. The number of carboxylic acids is 1.